The van der Waals surface area contributed by atoms with E-state index in [-0.39, 0.29) is 57.1 Å². The summed E-state index contributed by atoms with van der Waals surface area (Å²) in [6, 6.07) is 5.81. The van der Waals surface area contributed by atoms with E-state index in [4.69, 9.17) is 23.9 Å². The van der Waals surface area contributed by atoms with Crippen LogP contribution in [0.3, 0.4) is 0 Å². The predicted octanol–water partition coefficient (Wildman–Crippen LogP) is 7.58. The van der Waals surface area contributed by atoms with Gasteiger partial charge in [-0.05, 0) is 37.5 Å². The van der Waals surface area contributed by atoms with Gasteiger partial charge in [-0.3, -0.25) is 19.2 Å². The largest absolute Gasteiger partial charge is 0.507 e. The molecule has 1 amide bonds. The summed E-state index contributed by atoms with van der Waals surface area (Å²) < 4.78 is 24.7. The van der Waals surface area contributed by atoms with Crippen LogP contribution in [0.1, 0.15) is 89.7 Å². The molecule has 0 saturated carbocycles. The Morgan fingerprint density at radius 1 is 1.02 bits per heavy atom. The normalized spacial score (nSPS) is 30.0. The Morgan fingerprint density at radius 2 is 1.72 bits per heavy atom. The minimum atomic E-state index is -1.89. The summed E-state index contributed by atoms with van der Waals surface area (Å²) in [5.41, 5.74) is 1.40. The molecule has 9 atom stereocenters. The lowest BCUT2D eigenvalue weighted by Crippen LogP contribution is -2.46. The summed E-state index contributed by atoms with van der Waals surface area (Å²) in [6.07, 6.45) is 4.62. The third kappa shape index (κ3) is 8.48. The monoisotopic (exact) mass is 856 g/mol. The molecule has 3 aliphatic heterocycles. The number of aromatic hydroxyl groups is 1. The van der Waals surface area contributed by atoms with Gasteiger partial charge < -0.3 is 39.6 Å². The van der Waals surface area contributed by atoms with Crippen LogP contribution in [0.25, 0.3) is 31.6 Å². The van der Waals surface area contributed by atoms with Crippen LogP contribution >= 0.6 is 11.3 Å². The van der Waals surface area contributed by atoms with Crippen molar-refractivity contribution < 1.29 is 48.7 Å². The number of phenolic OH excluding ortho intramolecular Hbond substituents is 1. The second-order valence-electron chi connectivity index (χ2n) is 16.9. The molecule has 4 N–H and O–H groups in total. The highest BCUT2D eigenvalue weighted by Crippen LogP contribution is 2.51. The molecule has 4 bridgehead atoms. The first-order valence-corrected chi connectivity index (χ1v) is 21.4. The van der Waals surface area contributed by atoms with E-state index in [0.717, 1.165) is 10.3 Å². The number of carbonyl (C=O) groups excluding carboxylic acids is 3. The number of Topliss-reactive ketones (excluding diaryl/α,β-unsaturated/α-hetero) is 1. The standard InChI is InChI=1S/C47H56N2O11S/c1-21(2)29-17-18-30-32(20-29)61-44-36(48-30)33-34-40(53)27(8)43-35(33)45(55)47(10,60-43)58-19-13-16-31(57-11)24(5)42(59-28(9)50)26(7)39(52)25(6)38(51)22(3)14-12-15-23(4)46(56)49-37(44)41(34)54/h12-18,20-22,24-26,31,38-39,42,51-53H,19H2,1-11H3,(H,49,56)/b14-12+,16-13+,23-15-/t22-,24+,25+,26+,31-,38-,39+,42+,47-/m0/s1. The number of nitrogens with zero attached hydrogens (tertiary/aromatic N) is 1. The van der Waals surface area contributed by atoms with E-state index in [2.05, 4.69) is 19.2 Å². The van der Waals surface area contributed by atoms with Crippen LogP contribution in [0.2, 0.25) is 0 Å². The first-order valence-electron chi connectivity index (χ1n) is 20.6. The molecule has 326 valence electrons. The van der Waals surface area contributed by atoms with E-state index in [9.17, 15) is 34.5 Å². The number of phenols is 1. The van der Waals surface area contributed by atoms with E-state index < -0.39 is 82.7 Å². The number of nitrogens with one attached hydrogen (secondary N) is 1. The smallest absolute Gasteiger partial charge is 0.302 e. The molecule has 0 unspecified atom stereocenters. The van der Waals surface area contributed by atoms with Crippen molar-refractivity contribution in [1.29, 1.82) is 0 Å². The van der Waals surface area contributed by atoms with Crippen LogP contribution in [-0.2, 0) is 23.8 Å². The van der Waals surface area contributed by atoms with Gasteiger partial charge in [-0.25, -0.2) is 4.98 Å². The molecule has 13 nitrogen and oxygen atoms in total. The number of rotatable bonds is 3. The molecule has 2 aromatic carbocycles. The van der Waals surface area contributed by atoms with Crippen molar-refractivity contribution in [2.75, 3.05) is 19.0 Å². The van der Waals surface area contributed by atoms with Gasteiger partial charge in [-0.1, -0.05) is 78.0 Å². The lowest BCUT2D eigenvalue weighted by molar-refractivity contribution is -0.160. The van der Waals surface area contributed by atoms with Gasteiger partial charge in [-0.2, -0.15) is 0 Å². The zero-order valence-electron chi connectivity index (χ0n) is 36.5. The van der Waals surface area contributed by atoms with Crippen LogP contribution < -0.4 is 15.5 Å². The number of benzene rings is 3. The maximum absolute atomic E-state index is 14.7. The number of aliphatic hydroxyl groups is 2. The lowest BCUT2D eigenvalue weighted by atomic mass is 9.78. The SMILES string of the molecule is CO[C@H]1/C=C/CO[C@@]2(C)Oc3c(C)c(O)c4c(=O)c(c5sc6cc(C(C)C)ccc6nc-5c4c3C2=O)NC(=O)/C(C)=C\C=C\[C@H](C)[C@H](O)[C@@H](C)[C@@H](O)[C@@H](C)[C@H](OC(C)=O)[C@@H]1C. The average Bonchev–Trinajstić information content (AvgIpc) is 3.49. The van der Waals surface area contributed by atoms with Gasteiger partial charge >= 0.3 is 5.97 Å². The number of hydrogen-bond acceptors (Lipinski definition) is 13. The highest BCUT2D eigenvalue weighted by Gasteiger charge is 2.49. The molecule has 0 saturated heterocycles. The van der Waals surface area contributed by atoms with Crippen LogP contribution in [0.4, 0.5) is 5.69 Å². The average molecular weight is 857 g/mol. The Morgan fingerprint density at radius 3 is 2.38 bits per heavy atom. The number of hydrogen-bond donors (Lipinski definition) is 4. The third-order valence-electron chi connectivity index (χ3n) is 12.2. The lowest BCUT2D eigenvalue weighted by Gasteiger charge is -2.38. The molecule has 61 heavy (non-hydrogen) atoms. The summed E-state index contributed by atoms with van der Waals surface area (Å²) in [6.45, 7) is 16.9. The Labute approximate surface area is 359 Å². The number of esters is 1. The molecule has 2 aromatic rings. The van der Waals surface area contributed by atoms with E-state index in [1.165, 1.54) is 39.2 Å². The van der Waals surface area contributed by atoms with Gasteiger partial charge in [0.1, 0.15) is 23.3 Å². The number of aromatic nitrogens is 1. The van der Waals surface area contributed by atoms with Crippen LogP contribution in [-0.4, -0.2) is 81.9 Å². The van der Waals surface area contributed by atoms with Crippen molar-refractivity contribution in [1.82, 2.24) is 4.98 Å². The molecule has 14 heteroatoms. The summed E-state index contributed by atoms with van der Waals surface area (Å²) in [4.78, 5) is 60.9. The topological polar surface area (TPSA) is 191 Å². The summed E-state index contributed by atoms with van der Waals surface area (Å²) in [7, 11) is 1.50. The molecular formula is C47H56N2O11S. The highest BCUT2D eigenvalue weighted by molar-refractivity contribution is 7.22. The Hall–Kier alpha value is -4.99. The maximum atomic E-state index is 14.7. The second kappa shape index (κ2) is 17.8. The van der Waals surface area contributed by atoms with Crippen molar-refractivity contribution in [3.63, 3.8) is 0 Å². The Bertz CT molecular complexity index is 2510. The minimum absolute atomic E-state index is 0.0204. The number of anilines is 1. The third-order valence-corrected chi connectivity index (χ3v) is 13.4. The minimum Gasteiger partial charge on any atom is -0.507 e. The first kappa shape index (κ1) is 45.5. The number of carbonyl (C=O) groups is 3. The Kier molecular flexibility index (Phi) is 13.3. The van der Waals surface area contributed by atoms with E-state index in [1.807, 2.05) is 25.1 Å². The van der Waals surface area contributed by atoms with Gasteiger partial charge in [0, 0.05) is 61.2 Å². The van der Waals surface area contributed by atoms with Crippen molar-refractivity contribution in [2.24, 2.45) is 23.7 Å². The zero-order chi connectivity index (χ0) is 44.8. The van der Waals surface area contributed by atoms with Gasteiger partial charge in [0.15, 0.2) is 0 Å². The van der Waals surface area contributed by atoms with Crippen LogP contribution in [0, 0.1) is 30.6 Å². The zero-order valence-corrected chi connectivity index (χ0v) is 37.3. The molecule has 3 heterocycles. The quantitative estimate of drug-likeness (QED) is 0.0685. The summed E-state index contributed by atoms with van der Waals surface area (Å²) in [5.74, 6) is -6.11. The number of allylic oxidation sites excluding steroid dienone is 2. The van der Waals surface area contributed by atoms with E-state index in [1.54, 1.807) is 58.1 Å². The van der Waals surface area contributed by atoms with E-state index >= 15 is 0 Å². The van der Waals surface area contributed by atoms with Crippen LogP contribution in [0.15, 0.2) is 58.9 Å². The molecular weight excluding hydrogens is 801 g/mol. The number of ketones is 1. The summed E-state index contributed by atoms with van der Waals surface area (Å²) in [5, 5.41) is 37.4. The number of aliphatic hydroxyl groups excluding tert-OH is 2. The van der Waals surface area contributed by atoms with Crippen LogP contribution in [0.5, 0.6) is 11.5 Å². The van der Waals surface area contributed by atoms with Crippen molar-refractivity contribution in [2.45, 2.75) is 105 Å². The highest BCUT2D eigenvalue weighted by atomic mass is 32.1. The summed E-state index contributed by atoms with van der Waals surface area (Å²) >= 11 is 1.24. The molecule has 0 fully saturated rings. The van der Waals surface area contributed by atoms with E-state index in [0.29, 0.717) is 10.4 Å². The Balaban J connectivity index is 1.56. The molecule has 6 rings (SSSR count). The molecule has 0 aromatic heterocycles. The fourth-order valence-electron chi connectivity index (χ4n) is 8.35. The van der Waals surface area contributed by atoms with Gasteiger partial charge in [0.25, 0.3) is 11.7 Å². The van der Waals surface area contributed by atoms with Gasteiger partial charge in [-0.15, -0.1) is 11.3 Å². The van der Waals surface area contributed by atoms with Crippen molar-refractivity contribution >= 4 is 55.7 Å². The first-order chi connectivity index (χ1) is 28.7. The fraction of sp³-hybridized carbons (Fsp3) is 0.468. The van der Waals surface area contributed by atoms with Crippen molar-refractivity contribution in [3.8, 4) is 22.1 Å². The molecule has 0 spiro atoms. The van der Waals surface area contributed by atoms with Gasteiger partial charge in [0.05, 0.1) is 56.7 Å². The molecule has 1 aliphatic carbocycles. The fourth-order valence-corrected chi connectivity index (χ4v) is 9.47. The number of ether oxygens (including phenoxy) is 4. The van der Waals surface area contributed by atoms with Gasteiger partial charge in [0.2, 0.25) is 11.2 Å². The molecule has 0 radical (unpaired) electrons. The number of fused-ring (bicyclic) bond motifs is 2. The number of methoxy groups -OCH3 is 1. The number of amides is 1. The molecule has 4 aliphatic rings. The second-order valence-corrected chi connectivity index (χ2v) is 18.0. The maximum Gasteiger partial charge on any atom is 0.302 e. The van der Waals surface area contributed by atoms with Crippen molar-refractivity contribution in [3.05, 3.63) is 81.1 Å². The predicted molar refractivity (Wildman–Crippen MR) is 236 cm³/mol.